The summed E-state index contributed by atoms with van der Waals surface area (Å²) in [6.45, 7) is 0. The molecule has 4 nitrogen and oxygen atoms in total. The van der Waals surface area contributed by atoms with E-state index in [0.29, 0.717) is 23.2 Å². The van der Waals surface area contributed by atoms with Gasteiger partial charge in [0.15, 0.2) is 0 Å². The number of carbonyl (C=O) groups excluding carboxylic acids is 2. The fourth-order valence-electron chi connectivity index (χ4n) is 3.31. The number of hydrogen-bond acceptors (Lipinski definition) is 2. The van der Waals surface area contributed by atoms with E-state index < -0.39 is 0 Å². The normalized spacial score (nSPS) is 24.6. The van der Waals surface area contributed by atoms with E-state index in [2.05, 4.69) is 10.6 Å². The van der Waals surface area contributed by atoms with E-state index in [1.165, 1.54) is 25.7 Å². The van der Waals surface area contributed by atoms with Crippen molar-refractivity contribution < 1.29 is 9.59 Å². The van der Waals surface area contributed by atoms with Crippen molar-refractivity contribution in [3.8, 4) is 0 Å². The first-order valence-corrected chi connectivity index (χ1v) is 8.88. The zero-order chi connectivity index (χ0) is 16.2. The van der Waals surface area contributed by atoms with Gasteiger partial charge in [-0.3, -0.25) is 9.59 Å². The molecule has 2 saturated carbocycles. The van der Waals surface area contributed by atoms with Gasteiger partial charge >= 0.3 is 0 Å². The second-order valence-electron chi connectivity index (χ2n) is 6.65. The Morgan fingerprint density at radius 1 is 1.00 bits per heavy atom. The first-order chi connectivity index (χ1) is 11.1. The first kappa shape index (κ1) is 16.3. The van der Waals surface area contributed by atoms with Gasteiger partial charge < -0.3 is 10.6 Å². The van der Waals surface area contributed by atoms with Crippen molar-refractivity contribution in [3.63, 3.8) is 0 Å². The van der Waals surface area contributed by atoms with Crippen molar-refractivity contribution in [1.29, 1.82) is 0 Å². The smallest absolute Gasteiger partial charge is 0.228 e. The van der Waals surface area contributed by atoms with Gasteiger partial charge in [0.05, 0.1) is 11.8 Å². The number of anilines is 1. The summed E-state index contributed by atoms with van der Waals surface area (Å²) in [5, 5.41) is 6.56. The van der Waals surface area contributed by atoms with Crippen molar-refractivity contribution in [2.24, 2.45) is 11.8 Å². The van der Waals surface area contributed by atoms with E-state index in [9.17, 15) is 9.59 Å². The Hall–Kier alpha value is -1.55. The van der Waals surface area contributed by atoms with Crippen LogP contribution in [0, 0.1) is 11.8 Å². The minimum atomic E-state index is -0.209. The van der Waals surface area contributed by atoms with Crippen molar-refractivity contribution in [1.82, 2.24) is 5.32 Å². The van der Waals surface area contributed by atoms with Crippen LogP contribution in [0.25, 0.3) is 0 Å². The molecule has 0 heterocycles. The molecule has 0 spiro atoms. The van der Waals surface area contributed by atoms with Crippen LogP contribution in [0.2, 0.25) is 5.02 Å². The van der Waals surface area contributed by atoms with Gasteiger partial charge in [-0.2, -0.15) is 0 Å². The average Bonchev–Trinajstić information content (AvgIpc) is 3.32. The molecule has 2 aliphatic carbocycles. The van der Waals surface area contributed by atoms with Gasteiger partial charge in [-0.25, -0.2) is 0 Å². The largest absolute Gasteiger partial charge is 0.353 e. The molecule has 0 radical (unpaired) electrons. The molecular formula is C18H23ClN2O2. The van der Waals surface area contributed by atoms with Crippen LogP contribution >= 0.6 is 11.6 Å². The molecular weight excluding hydrogens is 312 g/mol. The van der Waals surface area contributed by atoms with Gasteiger partial charge in [0.1, 0.15) is 0 Å². The molecule has 1 aromatic carbocycles. The molecule has 2 aliphatic rings. The minimum absolute atomic E-state index is 0.0446. The monoisotopic (exact) mass is 334 g/mol. The van der Waals surface area contributed by atoms with Crippen LogP contribution in [-0.4, -0.2) is 17.9 Å². The zero-order valence-electron chi connectivity index (χ0n) is 13.2. The molecule has 2 N–H and O–H groups in total. The highest BCUT2D eigenvalue weighted by Gasteiger charge is 2.48. The van der Waals surface area contributed by atoms with Crippen LogP contribution in [-0.2, 0) is 9.59 Å². The number of nitrogens with one attached hydrogen (secondary N) is 2. The minimum Gasteiger partial charge on any atom is -0.353 e. The lowest BCUT2D eigenvalue weighted by atomic mass is 10.1. The fourth-order valence-corrected chi connectivity index (χ4v) is 3.50. The van der Waals surface area contributed by atoms with Gasteiger partial charge in [0.25, 0.3) is 0 Å². The topological polar surface area (TPSA) is 58.2 Å². The molecule has 124 valence electrons. The van der Waals surface area contributed by atoms with Crippen LogP contribution < -0.4 is 10.6 Å². The highest BCUT2D eigenvalue weighted by atomic mass is 35.5. The summed E-state index contributed by atoms with van der Waals surface area (Å²) in [7, 11) is 0. The number of halogens is 1. The molecule has 0 saturated heterocycles. The van der Waals surface area contributed by atoms with Crippen LogP contribution in [0.5, 0.6) is 0 Å². The van der Waals surface area contributed by atoms with Gasteiger partial charge in [-0.1, -0.05) is 43.4 Å². The second-order valence-corrected chi connectivity index (χ2v) is 7.08. The predicted octanol–water partition coefficient (Wildman–Crippen LogP) is 3.75. The molecule has 2 amide bonds. The molecule has 2 unspecified atom stereocenters. The highest BCUT2D eigenvalue weighted by molar-refractivity contribution is 6.30. The van der Waals surface area contributed by atoms with Gasteiger partial charge in [-0.15, -0.1) is 0 Å². The lowest BCUT2D eigenvalue weighted by Crippen LogP contribution is -2.36. The maximum absolute atomic E-state index is 12.3. The molecule has 0 aliphatic heterocycles. The molecule has 0 aromatic heterocycles. The van der Waals surface area contributed by atoms with Crippen molar-refractivity contribution in [2.45, 2.75) is 51.0 Å². The predicted molar refractivity (Wildman–Crippen MR) is 91.3 cm³/mol. The van der Waals surface area contributed by atoms with Crippen molar-refractivity contribution >= 4 is 29.1 Å². The maximum Gasteiger partial charge on any atom is 0.228 e. The number of benzene rings is 1. The number of hydrogen-bond donors (Lipinski definition) is 2. The van der Waals surface area contributed by atoms with Gasteiger partial charge in [-0.05, 0) is 37.5 Å². The van der Waals surface area contributed by atoms with E-state index in [1.54, 1.807) is 24.3 Å². The molecule has 2 atom stereocenters. The Labute approximate surface area is 142 Å². The van der Waals surface area contributed by atoms with E-state index in [0.717, 1.165) is 12.8 Å². The Kier molecular flexibility index (Phi) is 5.21. The summed E-state index contributed by atoms with van der Waals surface area (Å²) in [5.41, 5.74) is 0.678. The van der Waals surface area contributed by atoms with Crippen LogP contribution in [0.15, 0.2) is 24.3 Å². The van der Waals surface area contributed by atoms with Crippen molar-refractivity contribution in [2.75, 3.05) is 5.32 Å². The summed E-state index contributed by atoms with van der Waals surface area (Å²) >= 11 is 5.91. The molecule has 2 fully saturated rings. The van der Waals surface area contributed by atoms with Crippen LogP contribution in [0.3, 0.4) is 0 Å². The Balaban J connectivity index is 1.48. The summed E-state index contributed by atoms with van der Waals surface area (Å²) < 4.78 is 0. The number of amides is 2. The third kappa shape index (κ3) is 4.47. The van der Waals surface area contributed by atoms with E-state index in [-0.39, 0.29) is 23.7 Å². The quantitative estimate of drug-likeness (QED) is 0.824. The lowest BCUT2D eigenvalue weighted by molar-refractivity contribution is -0.125. The van der Waals surface area contributed by atoms with E-state index in [1.807, 2.05) is 0 Å². The summed E-state index contributed by atoms with van der Waals surface area (Å²) in [6.07, 6.45) is 7.68. The fraction of sp³-hybridized carbons (Fsp3) is 0.556. The van der Waals surface area contributed by atoms with E-state index in [4.69, 9.17) is 11.6 Å². The van der Waals surface area contributed by atoms with Gasteiger partial charge in [0.2, 0.25) is 11.8 Å². The number of rotatable bonds is 4. The lowest BCUT2D eigenvalue weighted by Gasteiger charge is -2.16. The highest BCUT2D eigenvalue weighted by Crippen LogP contribution is 2.40. The molecule has 5 heteroatoms. The molecule has 0 bridgehead atoms. The second kappa shape index (κ2) is 7.35. The Morgan fingerprint density at radius 2 is 1.70 bits per heavy atom. The molecule has 3 rings (SSSR count). The average molecular weight is 335 g/mol. The van der Waals surface area contributed by atoms with Crippen LogP contribution in [0.4, 0.5) is 5.69 Å². The third-order valence-electron chi connectivity index (χ3n) is 4.76. The number of carbonyl (C=O) groups is 2. The molecule has 1 aromatic rings. The van der Waals surface area contributed by atoms with E-state index >= 15 is 0 Å². The third-order valence-corrected chi connectivity index (χ3v) is 4.99. The van der Waals surface area contributed by atoms with Crippen molar-refractivity contribution in [3.05, 3.63) is 29.3 Å². The maximum atomic E-state index is 12.3. The summed E-state index contributed by atoms with van der Waals surface area (Å²) in [5.74, 6) is -0.423. The first-order valence-electron chi connectivity index (χ1n) is 8.50. The zero-order valence-corrected chi connectivity index (χ0v) is 13.9. The Bertz CT molecular complexity index is 582. The van der Waals surface area contributed by atoms with Crippen LogP contribution in [0.1, 0.15) is 44.9 Å². The SMILES string of the molecule is O=C(Nc1cccc(Cl)c1)C1CC1C(=O)NC1CCCCCC1. The Morgan fingerprint density at radius 3 is 2.39 bits per heavy atom. The summed E-state index contributed by atoms with van der Waals surface area (Å²) in [4.78, 5) is 24.5. The van der Waals surface area contributed by atoms with Gasteiger partial charge in [0, 0.05) is 16.8 Å². The standard InChI is InChI=1S/C18H23ClN2O2/c19-12-6-5-9-14(10-12)21-18(23)16-11-15(16)17(22)20-13-7-3-1-2-4-8-13/h5-6,9-10,13,15-16H,1-4,7-8,11H2,(H,20,22)(H,21,23). The summed E-state index contributed by atoms with van der Waals surface area (Å²) in [6, 6.07) is 7.36. The molecule has 23 heavy (non-hydrogen) atoms.